The summed E-state index contributed by atoms with van der Waals surface area (Å²) in [5, 5.41) is 3.56. The van der Waals surface area contributed by atoms with Gasteiger partial charge in [-0.05, 0) is 6.92 Å². The van der Waals surface area contributed by atoms with Crippen LogP contribution in [0.3, 0.4) is 0 Å². The number of hydrogen-bond acceptors (Lipinski definition) is 3. The minimum absolute atomic E-state index is 0.186. The number of nitrogens with zero attached hydrogens (tertiary/aromatic N) is 3. The lowest BCUT2D eigenvalue weighted by Crippen LogP contribution is -2.43. The molecular weight excluding hydrogens is 280 g/mol. The van der Waals surface area contributed by atoms with Crippen molar-refractivity contribution in [3.05, 3.63) is 12.2 Å². The van der Waals surface area contributed by atoms with Gasteiger partial charge in [0.2, 0.25) is 5.92 Å². The highest BCUT2D eigenvalue weighted by Gasteiger charge is 2.60. The second-order valence-corrected chi connectivity index (χ2v) is 3.65. The second-order valence-electron chi connectivity index (χ2n) is 3.65. The third kappa shape index (κ3) is 3.67. The number of hydrogen-bond donors (Lipinski definition) is 0. The molecule has 1 aromatic rings. The van der Waals surface area contributed by atoms with E-state index in [2.05, 4.69) is 10.1 Å². The summed E-state index contributed by atoms with van der Waals surface area (Å²) in [6.45, 7) is 1.75. The molecule has 0 unspecified atom stereocenters. The Morgan fingerprint density at radius 2 is 1.79 bits per heavy atom. The van der Waals surface area contributed by atoms with E-state index in [1.54, 1.807) is 6.92 Å². The average Bonchev–Trinajstić information content (AvgIpc) is 2.59. The van der Waals surface area contributed by atoms with Crippen LogP contribution in [0.25, 0.3) is 0 Å². The fourth-order valence-electron chi connectivity index (χ4n) is 1.50. The number of halogens is 6. The van der Waals surface area contributed by atoms with Gasteiger partial charge in [-0.15, -0.1) is 0 Å². The summed E-state index contributed by atoms with van der Waals surface area (Å²) in [6.07, 6.45) is -11.5. The van der Waals surface area contributed by atoms with Crippen molar-refractivity contribution in [1.29, 1.82) is 0 Å². The third-order valence-electron chi connectivity index (χ3n) is 2.30. The van der Waals surface area contributed by atoms with E-state index in [-0.39, 0.29) is 12.4 Å². The SMILES string of the molecule is CCn1ncnc1CC(=O)C(C(F)(F)F)C(F)(F)F. The molecule has 0 atom stereocenters. The molecule has 0 spiro atoms. The molecule has 0 saturated heterocycles. The lowest BCUT2D eigenvalue weighted by atomic mass is 10.00. The highest BCUT2D eigenvalue weighted by molar-refractivity contribution is 5.84. The lowest BCUT2D eigenvalue weighted by Gasteiger charge is -2.21. The molecule has 0 amide bonds. The molecule has 1 heterocycles. The molecule has 19 heavy (non-hydrogen) atoms. The zero-order chi connectivity index (χ0) is 14.8. The molecule has 1 aromatic heterocycles. The van der Waals surface area contributed by atoms with Crippen LogP contribution >= 0.6 is 0 Å². The zero-order valence-electron chi connectivity index (χ0n) is 9.59. The van der Waals surface area contributed by atoms with Gasteiger partial charge in [-0.2, -0.15) is 31.4 Å². The first kappa shape index (κ1) is 15.4. The molecular formula is C9H9F6N3O. The molecule has 0 aromatic carbocycles. The molecule has 10 heteroatoms. The van der Waals surface area contributed by atoms with Crippen molar-refractivity contribution in [1.82, 2.24) is 14.8 Å². The first-order valence-corrected chi connectivity index (χ1v) is 5.10. The molecule has 0 aliphatic carbocycles. The smallest absolute Gasteiger partial charge is 0.298 e. The van der Waals surface area contributed by atoms with Gasteiger partial charge < -0.3 is 0 Å². The summed E-state index contributed by atoms with van der Waals surface area (Å²) < 4.78 is 74.8. The van der Waals surface area contributed by atoms with E-state index in [9.17, 15) is 31.1 Å². The maximum atomic E-state index is 12.3. The van der Waals surface area contributed by atoms with Crippen molar-refractivity contribution < 1.29 is 31.1 Å². The molecule has 0 radical (unpaired) electrons. The van der Waals surface area contributed by atoms with Crippen LogP contribution < -0.4 is 0 Å². The Morgan fingerprint density at radius 1 is 1.26 bits per heavy atom. The Bertz CT molecular complexity index is 436. The summed E-state index contributed by atoms with van der Waals surface area (Å²) >= 11 is 0. The van der Waals surface area contributed by atoms with Crippen molar-refractivity contribution in [3.8, 4) is 0 Å². The summed E-state index contributed by atoms with van der Waals surface area (Å²) in [6, 6.07) is 0. The number of aryl methyl sites for hydroxylation is 1. The van der Waals surface area contributed by atoms with Crippen LogP contribution in [-0.4, -0.2) is 32.9 Å². The zero-order valence-corrected chi connectivity index (χ0v) is 9.59. The largest absolute Gasteiger partial charge is 0.407 e. The topological polar surface area (TPSA) is 47.8 Å². The van der Waals surface area contributed by atoms with Crippen LogP contribution in [0.15, 0.2) is 6.33 Å². The third-order valence-corrected chi connectivity index (χ3v) is 2.30. The molecule has 0 saturated carbocycles. The number of alkyl halides is 6. The van der Waals surface area contributed by atoms with E-state index in [0.29, 0.717) is 0 Å². The molecule has 0 aliphatic heterocycles. The van der Waals surface area contributed by atoms with Crippen LogP contribution in [0.4, 0.5) is 26.3 Å². The van der Waals surface area contributed by atoms with Gasteiger partial charge in [0.1, 0.15) is 12.2 Å². The van der Waals surface area contributed by atoms with E-state index in [0.717, 1.165) is 11.0 Å². The minimum atomic E-state index is -5.67. The van der Waals surface area contributed by atoms with Gasteiger partial charge >= 0.3 is 12.4 Å². The predicted octanol–water partition coefficient (Wildman–Crippen LogP) is 2.15. The normalized spacial score (nSPS) is 13.1. The number of Topliss-reactive ketones (excluding diaryl/α,β-unsaturated/α-hetero) is 1. The predicted molar refractivity (Wildman–Crippen MR) is 50.0 cm³/mol. The molecule has 0 aliphatic rings. The number of aromatic nitrogens is 3. The van der Waals surface area contributed by atoms with Crippen molar-refractivity contribution >= 4 is 5.78 Å². The Labute approximate surface area is 103 Å². The van der Waals surface area contributed by atoms with Crippen molar-refractivity contribution in [2.24, 2.45) is 5.92 Å². The summed E-state index contributed by atoms with van der Waals surface area (Å²) in [5.74, 6) is -6.23. The summed E-state index contributed by atoms with van der Waals surface area (Å²) in [5.41, 5.74) is 0. The summed E-state index contributed by atoms with van der Waals surface area (Å²) in [4.78, 5) is 14.7. The second kappa shape index (κ2) is 5.17. The van der Waals surface area contributed by atoms with Crippen LogP contribution in [0.2, 0.25) is 0 Å². The maximum absolute atomic E-state index is 12.3. The first-order chi connectivity index (χ1) is 8.57. The fraction of sp³-hybridized carbons (Fsp3) is 0.667. The van der Waals surface area contributed by atoms with E-state index < -0.39 is 30.5 Å². The van der Waals surface area contributed by atoms with Gasteiger partial charge in [0.25, 0.3) is 0 Å². The van der Waals surface area contributed by atoms with Crippen LogP contribution in [0.1, 0.15) is 12.7 Å². The number of carbonyl (C=O) groups excluding carboxylic acids is 1. The fourth-order valence-corrected chi connectivity index (χ4v) is 1.50. The van der Waals surface area contributed by atoms with Crippen molar-refractivity contribution in [3.63, 3.8) is 0 Å². The average molecular weight is 289 g/mol. The maximum Gasteiger partial charge on any atom is 0.407 e. The van der Waals surface area contributed by atoms with E-state index in [1.165, 1.54) is 0 Å². The number of carbonyl (C=O) groups is 1. The van der Waals surface area contributed by atoms with Crippen LogP contribution in [0, 0.1) is 5.92 Å². The van der Waals surface area contributed by atoms with Crippen LogP contribution in [0.5, 0.6) is 0 Å². The first-order valence-electron chi connectivity index (χ1n) is 5.10. The lowest BCUT2D eigenvalue weighted by molar-refractivity contribution is -0.273. The standard InChI is InChI=1S/C9H9F6N3O/c1-2-18-6(16-4-17-18)3-5(19)7(8(10,11)12)9(13,14)15/h4,7H,2-3H2,1H3. The number of ketones is 1. The highest BCUT2D eigenvalue weighted by Crippen LogP contribution is 2.40. The van der Waals surface area contributed by atoms with E-state index >= 15 is 0 Å². The van der Waals surface area contributed by atoms with Crippen molar-refractivity contribution in [2.75, 3.05) is 0 Å². The molecule has 108 valence electrons. The van der Waals surface area contributed by atoms with Gasteiger partial charge in [-0.3, -0.25) is 4.79 Å². The molecule has 0 N–H and O–H groups in total. The van der Waals surface area contributed by atoms with Gasteiger partial charge in [0.05, 0.1) is 6.42 Å². The van der Waals surface area contributed by atoms with Crippen molar-refractivity contribution in [2.45, 2.75) is 32.2 Å². The monoisotopic (exact) mass is 289 g/mol. The molecule has 4 nitrogen and oxygen atoms in total. The van der Waals surface area contributed by atoms with Gasteiger partial charge in [0, 0.05) is 6.54 Å². The number of rotatable bonds is 4. The minimum Gasteiger partial charge on any atom is -0.298 e. The van der Waals surface area contributed by atoms with Gasteiger partial charge in [-0.1, -0.05) is 0 Å². The Balaban J connectivity index is 2.97. The quantitative estimate of drug-likeness (QED) is 0.798. The van der Waals surface area contributed by atoms with Crippen LogP contribution in [-0.2, 0) is 17.8 Å². The molecule has 0 fully saturated rings. The van der Waals surface area contributed by atoms with Gasteiger partial charge in [-0.25, -0.2) is 9.67 Å². The Hall–Kier alpha value is -1.61. The molecule has 1 rings (SSSR count). The highest BCUT2D eigenvalue weighted by atomic mass is 19.4. The van der Waals surface area contributed by atoms with E-state index in [4.69, 9.17) is 0 Å². The van der Waals surface area contributed by atoms with Gasteiger partial charge in [0.15, 0.2) is 5.78 Å². The summed E-state index contributed by atoms with van der Waals surface area (Å²) in [7, 11) is 0. The van der Waals surface area contributed by atoms with E-state index in [1.807, 2.05) is 0 Å². The molecule has 0 bridgehead atoms. The Kier molecular flexibility index (Phi) is 4.21. The Morgan fingerprint density at radius 3 is 2.21 bits per heavy atom.